The van der Waals surface area contributed by atoms with Crippen LogP contribution in [0.25, 0.3) is 0 Å². The molecule has 0 radical (unpaired) electrons. The third-order valence-electron chi connectivity index (χ3n) is 3.63. The number of nitrogens with one attached hydrogen (secondary N) is 1. The average molecular weight is 312 g/mol. The van der Waals surface area contributed by atoms with Crippen molar-refractivity contribution < 1.29 is 9.53 Å². The van der Waals surface area contributed by atoms with Gasteiger partial charge in [-0.15, -0.1) is 0 Å². The molecule has 1 N–H and O–H groups in total. The van der Waals surface area contributed by atoms with Crippen molar-refractivity contribution in [2.75, 3.05) is 19.0 Å². The molecule has 0 aliphatic carbocycles. The second-order valence-corrected chi connectivity index (χ2v) is 5.42. The molecule has 23 heavy (non-hydrogen) atoms. The van der Waals surface area contributed by atoms with Gasteiger partial charge in [-0.1, -0.05) is 43.7 Å². The molecule has 4 heteroatoms. The minimum absolute atomic E-state index is 0.0764. The lowest BCUT2D eigenvalue weighted by atomic mass is 10.2. The van der Waals surface area contributed by atoms with E-state index in [1.54, 1.807) is 7.11 Å². The number of methoxy groups -OCH3 is 1. The molecule has 0 aromatic heterocycles. The van der Waals surface area contributed by atoms with E-state index in [-0.39, 0.29) is 6.03 Å². The van der Waals surface area contributed by atoms with Crippen LogP contribution in [0.3, 0.4) is 0 Å². The zero-order valence-corrected chi connectivity index (χ0v) is 13.8. The summed E-state index contributed by atoms with van der Waals surface area (Å²) >= 11 is 0. The fourth-order valence-electron chi connectivity index (χ4n) is 2.28. The average Bonchev–Trinajstić information content (AvgIpc) is 2.60. The van der Waals surface area contributed by atoms with Crippen molar-refractivity contribution in [3.63, 3.8) is 0 Å². The van der Waals surface area contributed by atoms with Gasteiger partial charge in [0.1, 0.15) is 5.75 Å². The number of anilines is 1. The van der Waals surface area contributed by atoms with Crippen LogP contribution in [0.1, 0.15) is 25.3 Å². The molecule has 0 fully saturated rings. The number of rotatable bonds is 7. The minimum Gasteiger partial charge on any atom is -0.497 e. The number of ether oxygens (including phenoxy) is 1. The molecule has 2 aromatic carbocycles. The summed E-state index contributed by atoms with van der Waals surface area (Å²) < 4.78 is 5.13. The second-order valence-electron chi connectivity index (χ2n) is 5.42. The van der Waals surface area contributed by atoms with E-state index in [0.29, 0.717) is 6.54 Å². The van der Waals surface area contributed by atoms with Gasteiger partial charge in [0.15, 0.2) is 0 Å². The number of carbonyl (C=O) groups is 1. The summed E-state index contributed by atoms with van der Waals surface area (Å²) in [5, 5.41) is 2.95. The molecule has 4 nitrogen and oxygen atoms in total. The summed E-state index contributed by atoms with van der Waals surface area (Å²) in [5.41, 5.74) is 1.90. The van der Waals surface area contributed by atoms with Crippen LogP contribution in [-0.4, -0.2) is 24.6 Å². The molecule has 0 saturated carbocycles. The van der Waals surface area contributed by atoms with Crippen molar-refractivity contribution in [2.24, 2.45) is 0 Å². The largest absolute Gasteiger partial charge is 0.497 e. The SMILES string of the molecule is CCCCN(Cc1ccccc1)C(=O)Nc1ccc(OC)cc1. The molecule has 0 aliphatic rings. The van der Waals surface area contributed by atoms with Gasteiger partial charge in [-0.25, -0.2) is 4.79 Å². The van der Waals surface area contributed by atoms with Crippen molar-refractivity contribution >= 4 is 11.7 Å². The van der Waals surface area contributed by atoms with Gasteiger partial charge < -0.3 is 15.0 Å². The van der Waals surface area contributed by atoms with E-state index in [1.807, 2.05) is 59.5 Å². The van der Waals surface area contributed by atoms with Gasteiger partial charge in [0.25, 0.3) is 0 Å². The first-order valence-electron chi connectivity index (χ1n) is 7.97. The number of hydrogen-bond acceptors (Lipinski definition) is 2. The minimum atomic E-state index is -0.0764. The van der Waals surface area contributed by atoms with Gasteiger partial charge >= 0.3 is 6.03 Å². The van der Waals surface area contributed by atoms with Crippen LogP contribution in [0.5, 0.6) is 5.75 Å². The number of hydrogen-bond donors (Lipinski definition) is 1. The Bertz CT molecular complexity index is 597. The highest BCUT2D eigenvalue weighted by atomic mass is 16.5. The molecule has 0 aliphatic heterocycles. The number of carbonyl (C=O) groups excluding carboxylic acids is 1. The van der Waals surface area contributed by atoms with Crippen LogP contribution < -0.4 is 10.1 Å². The Balaban J connectivity index is 2.02. The van der Waals surface area contributed by atoms with Gasteiger partial charge in [-0.2, -0.15) is 0 Å². The van der Waals surface area contributed by atoms with Crippen LogP contribution in [0.2, 0.25) is 0 Å². The summed E-state index contributed by atoms with van der Waals surface area (Å²) in [7, 11) is 1.62. The number of urea groups is 1. The number of benzene rings is 2. The second kappa shape index (κ2) is 8.83. The normalized spacial score (nSPS) is 10.2. The Morgan fingerprint density at radius 2 is 1.78 bits per heavy atom. The first-order chi connectivity index (χ1) is 11.2. The summed E-state index contributed by atoms with van der Waals surface area (Å²) in [4.78, 5) is 14.4. The fraction of sp³-hybridized carbons (Fsp3) is 0.316. The quantitative estimate of drug-likeness (QED) is 0.816. The lowest BCUT2D eigenvalue weighted by Gasteiger charge is -2.23. The molecule has 0 bridgehead atoms. The first-order valence-corrected chi connectivity index (χ1v) is 7.97. The summed E-state index contributed by atoms with van der Waals surface area (Å²) in [6, 6.07) is 17.3. The summed E-state index contributed by atoms with van der Waals surface area (Å²) in [5.74, 6) is 0.773. The molecular weight excluding hydrogens is 288 g/mol. The smallest absolute Gasteiger partial charge is 0.322 e. The maximum absolute atomic E-state index is 12.6. The van der Waals surface area contributed by atoms with Crippen LogP contribution in [0.4, 0.5) is 10.5 Å². The molecule has 2 amide bonds. The first kappa shape index (κ1) is 16.9. The Morgan fingerprint density at radius 1 is 1.09 bits per heavy atom. The highest BCUT2D eigenvalue weighted by Crippen LogP contribution is 2.16. The number of amides is 2. The van der Waals surface area contributed by atoms with Crippen molar-refractivity contribution in [1.29, 1.82) is 0 Å². The maximum atomic E-state index is 12.6. The van der Waals surface area contributed by atoms with E-state index < -0.39 is 0 Å². The van der Waals surface area contributed by atoms with E-state index >= 15 is 0 Å². The van der Waals surface area contributed by atoms with Crippen molar-refractivity contribution in [1.82, 2.24) is 4.90 Å². The topological polar surface area (TPSA) is 41.6 Å². The predicted octanol–water partition coefficient (Wildman–Crippen LogP) is 4.53. The Kier molecular flexibility index (Phi) is 6.48. The zero-order chi connectivity index (χ0) is 16.5. The highest BCUT2D eigenvalue weighted by molar-refractivity contribution is 5.89. The number of unbranched alkanes of at least 4 members (excludes halogenated alkanes) is 1. The monoisotopic (exact) mass is 312 g/mol. The summed E-state index contributed by atoms with van der Waals surface area (Å²) in [6.07, 6.45) is 2.05. The maximum Gasteiger partial charge on any atom is 0.322 e. The molecule has 0 unspecified atom stereocenters. The van der Waals surface area contributed by atoms with Crippen LogP contribution >= 0.6 is 0 Å². The zero-order valence-electron chi connectivity index (χ0n) is 13.8. The third-order valence-corrected chi connectivity index (χ3v) is 3.63. The van der Waals surface area contributed by atoms with Crippen molar-refractivity contribution in [2.45, 2.75) is 26.3 Å². The van der Waals surface area contributed by atoms with Crippen LogP contribution in [0.15, 0.2) is 54.6 Å². The Morgan fingerprint density at radius 3 is 2.39 bits per heavy atom. The van der Waals surface area contributed by atoms with Gasteiger partial charge in [0.2, 0.25) is 0 Å². The standard InChI is InChI=1S/C19H24N2O2/c1-3-4-14-21(15-16-8-6-5-7-9-16)19(22)20-17-10-12-18(23-2)13-11-17/h5-13H,3-4,14-15H2,1-2H3,(H,20,22). The third kappa shape index (κ3) is 5.33. The van der Waals surface area contributed by atoms with E-state index in [4.69, 9.17) is 4.74 Å². The molecular formula is C19H24N2O2. The summed E-state index contributed by atoms with van der Waals surface area (Å²) in [6.45, 7) is 3.48. The predicted molar refractivity (Wildman–Crippen MR) is 93.8 cm³/mol. The molecule has 2 rings (SSSR count). The van der Waals surface area contributed by atoms with Crippen molar-refractivity contribution in [3.05, 3.63) is 60.2 Å². The van der Waals surface area contributed by atoms with Crippen LogP contribution in [0, 0.1) is 0 Å². The van der Waals surface area contributed by atoms with E-state index in [9.17, 15) is 4.79 Å². The highest BCUT2D eigenvalue weighted by Gasteiger charge is 2.13. The lowest BCUT2D eigenvalue weighted by molar-refractivity contribution is 0.208. The van der Waals surface area contributed by atoms with Gasteiger partial charge in [0.05, 0.1) is 7.11 Å². The van der Waals surface area contributed by atoms with E-state index in [1.165, 1.54) is 0 Å². The van der Waals surface area contributed by atoms with Crippen LogP contribution in [-0.2, 0) is 6.54 Å². The molecule has 122 valence electrons. The molecule has 0 saturated heterocycles. The van der Waals surface area contributed by atoms with Gasteiger partial charge in [-0.05, 0) is 36.2 Å². The van der Waals surface area contributed by atoms with E-state index in [2.05, 4.69) is 12.2 Å². The lowest BCUT2D eigenvalue weighted by Crippen LogP contribution is -2.35. The molecule has 2 aromatic rings. The molecule has 0 heterocycles. The Labute approximate surface area is 138 Å². The fourth-order valence-corrected chi connectivity index (χ4v) is 2.28. The van der Waals surface area contributed by atoms with E-state index in [0.717, 1.165) is 36.4 Å². The van der Waals surface area contributed by atoms with Gasteiger partial charge in [0, 0.05) is 18.8 Å². The number of nitrogens with zero attached hydrogens (tertiary/aromatic N) is 1. The van der Waals surface area contributed by atoms with Gasteiger partial charge in [-0.3, -0.25) is 0 Å². The molecule has 0 atom stereocenters. The van der Waals surface area contributed by atoms with Crippen molar-refractivity contribution in [3.8, 4) is 5.75 Å². The Hall–Kier alpha value is -2.49. The molecule has 0 spiro atoms.